The van der Waals surface area contributed by atoms with Gasteiger partial charge in [0, 0.05) is 24.2 Å². The summed E-state index contributed by atoms with van der Waals surface area (Å²) in [5.41, 5.74) is 6.58. The van der Waals surface area contributed by atoms with Crippen LogP contribution in [0, 0.1) is 6.92 Å². The lowest BCUT2D eigenvalue weighted by Crippen LogP contribution is -2.06. The number of aromatic nitrogens is 2. The number of anilines is 1. The fourth-order valence-electron chi connectivity index (χ4n) is 1.69. The van der Waals surface area contributed by atoms with Gasteiger partial charge in [-0.05, 0) is 36.8 Å². The number of benzene rings is 1. The van der Waals surface area contributed by atoms with Crippen LogP contribution in [-0.2, 0) is 6.54 Å². The molecule has 5 heteroatoms. The van der Waals surface area contributed by atoms with Crippen molar-refractivity contribution in [3.8, 4) is 5.75 Å². The SMILES string of the molecule is Cc1cc(Cl)ccc1OCCCn1ccc(N)n1. The fraction of sp³-hybridized carbons (Fsp3) is 0.308. The molecular formula is C13H16ClN3O. The number of hydrogen-bond acceptors (Lipinski definition) is 3. The number of rotatable bonds is 5. The summed E-state index contributed by atoms with van der Waals surface area (Å²) in [6.07, 6.45) is 2.74. The van der Waals surface area contributed by atoms with Crippen LogP contribution in [0.25, 0.3) is 0 Å². The Morgan fingerprint density at radius 2 is 2.22 bits per heavy atom. The molecule has 0 bridgehead atoms. The van der Waals surface area contributed by atoms with E-state index in [1.807, 2.05) is 36.0 Å². The zero-order chi connectivity index (χ0) is 13.0. The van der Waals surface area contributed by atoms with Crippen LogP contribution in [0.5, 0.6) is 5.75 Å². The second kappa shape index (κ2) is 5.78. The molecule has 0 saturated carbocycles. The van der Waals surface area contributed by atoms with E-state index in [1.165, 1.54) is 0 Å². The maximum Gasteiger partial charge on any atom is 0.145 e. The third-order valence-electron chi connectivity index (χ3n) is 2.59. The Morgan fingerprint density at radius 3 is 2.89 bits per heavy atom. The molecule has 0 spiro atoms. The normalized spacial score (nSPS) is 10.6. The first kappa shape index (κ1) is 12.8. The lowest BCUT2D eigenvalue weighted by Gasteiger charge is -2.09. The van der Waals surface area contributed by atoms with Crippen molar-refractivity contribution in [1.29, 1.82) is 0 Å². The number of nitrogen functional groups attached to an aromatic ring is 1. The van der Waals surface area contributed by atoms with Gasteiger partial charge in [-0.15, -0.1) is 0 Å². The summed E-state index contributed by atoms with van der Waals surface area (Å²) < 4.78 is 7.50. The highest BCUT2D eigenvalue weighted by atomic mass is 35.5. The molecule has 0 aliphatic rings. The van der Waals surface area contributed by atoms with Crippen molar-refractivity contribution in [2.75, 3.05) is 12.3 Å². The van der Waals surface area contributed by atoms with Crippen LogP contribution >= 0.6 is 11.6 Å². The number of ether oxygens (including phenoxy) is 1. The van der Waals surface area contributed by atoms with Gasteiger partial charge >= 0.3 is 0 Å². The Morgan fingerprint density at radius 1 is 1.39 bits per heavy atom. The largest absolute Gasteiger partial charge is 0.493 e. The number of halogens is 1. The van der Waals surface area contributed by atoms with E-state index >= 15 is 0 Å². The molecule has 1 heterocycles. The smallest absolute Gasteiger partial charge is 0.145 e. The molecule has 2 N–H and O–H groups in total. The van der Waals surface area contributed by atoms with Crippen molar-refractivity contribution < 1.29 is 4.74 Å². The van der Waals surface area contributed by atoms with Gasteiger partial charge in [0.05, 0.1) is 6.61 Å². The number of aryl methyl sites for hydroxylation is 2. The average molecular weight is 266 g/mol. The lowest BCUT2D eigenvalue weighted by molar-refractivity contribution is 0.297. The van der Waals surface area contributed by atoms with Crippen molar-refractivity contribution in [3.63, 3.8) is 0 Å². The predicted octanol–water partition coefficient (Wildman–Crippen LogP) is 2.90. The molecule has 0 unspecified atom stereocenters. The molecule has 0 fully saturated rings. The Hall–Kier alpha value is -1.68. The van der Waals surface area contributed by atoms with E-state index in [0.717, 1.165) is 29.3 Å². The zero-order valence-corrected chi connectivity index (χ0v) is 11.0. The van der Waals surface area contributed by atoms with E-state index in [0.29, 0.717) is 12.4 Å². The van der Waals surface area contributed by atoms with Gasteiger partial charge in [0.25, 0.3) is 0 Å². The second-order valence-corrected chi connectivity index (χ2v) is 4.55. The molecule has 0 aliphatic heterocycles. The Kier molecular flexibility index (Phi) is 4.10. The van der Waals surface area contributed by atoms with Crippen molar-refractivity contribution in [3.05, 3.63) is 41.0 Å². The number of nitrogens with two attached hydrogens (primary N) is 1. The van der Waals surface area contributed by atoms with E-state index in [4.69, 9.17) is 22.1 Å². The van der Waals surface area contributed by atoms with Crippen molar-refractivity contribution in [2.24, 2.45) is 0 Å². The second-order valence-electron chi connectivity index (χ2n) is 4.12. The minimum absolute atomic E-state index is 0.546. The van der Waals surface area contributed by atoms with E-state index in [2.05, 4.69) is 5.10 Å². The van der Waals surface area contributed by atoms with Gasteiger partial charge in [0.1, 0.15) is 11.6 Å². The third-order valence-corrected chi connectivity index (χ3v) is 2.82. The Bertz CT molecular complexity index is 525. The van der Waals surface area contributed by atoms with Gasteiger partial charge in [-0.25, -0.2) is 0 Å². The van der Waals surface area contributed by atoms with E-state index in [-0.39, 0.29) is 0 Å². The monoisotopic (exact) mass is 265 g/mol. The first-order valence-corrected chi connectivity index (χ1v) is 6.21. The minimum atomic E-state index is 0.546. The van der Waals surface area contributed by atoms with Crippen LogP contribution < -0.4 is 10.5 Å². The van der Waals surface area contributed by atoms with Gasteiger partial charge in [-0.2, -0.15) is 5.10 Å². The summed E-state index contributed by atoms with van der Waals surface area (Å²) in [5.74, 6) is 1.42. The summed E-state index contributed by atoms with van der Waals surface area (Å²) in [5, 5.41) is 4.83. The number of nitrogens with zero attached hydrogens (tertiary/aromatic N) is 2. The summed E-state index contributed by atoms with van der Waals surface area (Å²) >= 11 is 5.88. The van der Waals surface area contributed by atoms with Gasteiger partial charge < -0.3 is 10.5 Å². The quantitative estimate of drug-likeness (QED) is 0.846. The van der Waals surface area contributed by atoms with Gasteiger partial charge in [0.2, 0.25) is 0 Å². The highest BCUT2D eigenvalue weighted by Gasteiger charge is 2.00. The fourth-order valence-corrected chi connectivity index (χ4v) is 1.91. The third kappa shape index (κ3) is 3.40. The van der Waals surface area contributed by atoms with Crippen molar-refractivity contribution >= 4 is 17.4 Å². The van der Waals surface area contributed by atoms with Crippen LogP contribution in [0.1, 0.15) is 12.0 Å². The molecule has 96 valence electrons. The molecule has 1 aromatic heterocycles. The van der Waals surface area contributed by atoms with E-state index in [1.54, 1.807) is 6.07 Å². The molecule has 0 atom stereocenters. The average Bonchev–Trinajstić information content (AvgIpc) is 2.73. The molecule has 4 nitrogen and oxygen atoms in total. The van der Waals surface area contributed by atoms with Gasteiger partial charge in [0.15, 0.2) is 0 Å². The van der Waals surface area contributed by atoms with Gasteiger partial charge in [-0.1, -0.05) is 11.6 Å². The van der Waals surface area contributed by atoms with Crippen molar-refractivity contribution in [2.45, 2.75) is 19.9 Å². The summed E-state index contributed by atoms with van der Waals surface area (Å²) in [4.78, 5) is 0. The highest BCUT2D eigenvalue weighted by Crippen LogP contribution is 2.21. The molecule has 0 radical (unpaired) electrons. The van der Waals surface area contributed by atoms with Crippen LogP contribution in [0.15, 0.2) is 30.5 Å². The van der Waals surface area contributed by atoms with E-state index in [9.17, 15) is 0 Å². The van der Waals surface area contributed by atoms with E-state index < -0.39 is 0 Å². The molecule has 0 aliphatic carbocycles. The molecule has 2 aromatic rings. The summed E-state index contributed by atoms with van der Waals surface area (Å²) in [7, 11) is 0. The summed E-state index contributed by atoms with van der Waals surface area (Å²) in [6, 6.07) is 7.40. The van der Waals surface area contributed by atoms with Crippen LogP contribution in [0.3, 0.4) is 0 Å². The van der Waals surface area contributed by atoms with Gasteiger partial charge in [-0.3, -0.25) is 4.68 Å². The summed E-state index contributed by atoms with van der Waals surface area (Å²) in [6.45, 7) is 3.42. The molecule has 18 heavy (non-hydrogen) atoms. The number of hydrogen-bond donors (Lipinski definition) is 1. The molecule has 1 aromatic carbocycles. The van der Waals surface area contributed by atoms with Crippen molar-refractivity contribution in [1.82, 2.24) is 9.78 Å². The standard InChI is InChI=1S/C13H16ClN3O/c1-10-9-11(14)3-4-12(10)18-8-2-6-17-7-5-13(15)16-17/h3-5,7,9H,2,6,8H2,1H3,(H2,15,16). The highest BCUT2D eigenvalue weighted by molar-refractivity contribution is 6.30. The Balaban J connectivity index is 1.78. The van der Waals surface area contributed by atoms with Crippen LogP contribution in [0.4, 0.5) is 5.82 Å². The molecule has 0 amide bonds. The molecular weight excluding hydrogens is 250 g/mol. The topological polar surface area (TPSA) is 53.1 Å². The maximum absolute atomic E-state index is 5.88. The minimum Gasteiger partial charge on any atom is -0.493 e. The Labute approximate surface area is 111 Å². The first-order valence-electron chi connectivity index (χ1n) is 5.83. The lowest BCUT2D eigenvalue weighted by atomic mass is 10.2. The first-order chi connectivity index (χ1) is 8.65. The molecule has 2 rings (SSSR count). The van der Waals surface area contributed by atoms with Crippen LogP contribution in [0.2, 0.25) is 5.02 Å². The van der Waals surface area contributed by atoms with Crippen LogP contribution in [-0.4, -0.2) is 16.4 Å². The maximum atomic E-state index is 5.88. The molecule has 0 saturated heterocycles. The predicted molar refractivity (Wildman–Crippen MR) is 72.9 cm³/mol. The zero-order valence-electron chi connectivity index (χ0n) is 10.3.